The molecule has 188 valence electrons. The van der Waals surface area contributed by atoms with Gasteiger partial charge < -0.3 is 16.0 Å². The highest BCUT2D eigenvalue weighted by Gasteiger charge is 2.32. The Bertz CT molecular complexity index is 1110. The number of carbonyl (C=O) groups excluding carboxylic acids is 2. The summed E-state index contributed by atoms with van der Waals surface area (Å²) in [5, 5.41) is 17.4. The van der Waals surface area contributed by atoms with Crippen molar-refractivity contribution in [3.8, 4) is 11.1 Å². The number of fused-ring (bicyclic) bond motifs is 1. The first-order chi connectivity index (χ1) is 16.8. The molecule has 1 saturated heterocycles. The van der Waals surface area contributed by atoms with Crippen molar-refractivity contribution in [3.05, 3.63) is 29.2 Å². The van der Waals surface area contributed by atoms with E-state index in [4.69, 9.17) is 11.6 Å². The quantitative estimate of drug-likeness (QED) is 0.504. The maximum atomic E-state index is 12.7. The third-order valence-corrected chi connectivity index (χ3v) is 7.68. The summed E-state index contributed by atoms with van der Waals surface area (Å²) in [7, 11) is 0. The van der Waals surface area contributed by atoms with E-state index in [0.717, 1.165) is 75.0 Å². The van der Waals surface area contributed by atoms with Gasteiger partial charge in [0.2, 0.25) is 5.91 Å². The molecule has 2 aromatic rings. The Balaban J connectivity index is 1.17. The van der Waals surface area contributed by atoms with Gasteiger partial charge in [-0.15, -0.1) is 0 Å². The van der Waals surface area contributed by atoms with Crippen molar-refractivity contribution in [3.63, 3.8) is 0 Å². The predicted molar refractivity (Wildman–Crippen MR) is 135 cm³/mol. The normalized spacial score (nSPS) is 23.6. The van der Waals surface area contributed by atoms with Gasteiger partial charge in [-0.1, -0.05) is 25.4 Å². The number of carbonyl (C=O) groups is 2. The van der Waals surface area contributed by atoms with Crippen molar-refractivity contribution in [2.75, 3.05) is 18.4 Å². The van der Waals surface area contributed by atoms with Crippen LogP contribution in [0.5, 0.6) is 0 Å². The van der Waals surface area contributed by atoms with Gasteiger partial charge in [0.25, 0.3) is 0 Å². The molecule has 2 aromatic heterocycles. The van der Waals surface area contributed by atoms with Crippen LogP contribution in [0.3, 0.4) is 0 Å². The number of halogens is 1. The lowest BCUT2D eigenvalue weighted by atomic mass is 9.89. The van der Waals surface area contributed by atoms with Gasteiger partial charge in [0.05, 0.1) is 11.2 Å². The lowest BCUT2D eigenvalue weighted by Gasteiger charge is -2.24. The molecule has 0 bridgehead atoms. The van der Waals surface area contributed by atoms with Crippen molar-refractivity contribution in [1.82, 2.24) is 30.7 Å². The second-order valence-corrected chi connectivity index (χ2v) is 11.3. The van der Waals surface area contributed by atoms with E-state index in [1.807, 2.05) is 16.9 Å². The van der Waals surface area contributed by atoms with E-state index in [1.54, 1.807) is 6.20 Å². The maximum Gasteiger partial charge on any atom is 0.320 e. The smallest absolute Gasteiger partial charge is 0.320 e. The summed E-state index contributed by atoms with van der Waals surface area (Å²) < 4.78 is 2.03. The van der Waals surface area contributed by atoms with Crippen molar-refractivity contribution in [1.29, 1.82) is 0 Å². The van der Waals surface area contributed by atoms with E-state index in [-0.39, 0.29) is 35.4 Å². The van der Waals surface area contributed by atoms with E-state index in [9.17, 15) is 9.59 Å². The van der Waals surface area contributed by atoms with Crippen LogP contribution in [0.4, 0.5) is 10.6 Å². The highest BCUT2D eigenvalue weighted by Crippen LogP contribution is 2.39. The number of rotatable bonds is 5. The van der Waals surface area contributed by atoms with E-state index in [0.29, 0.717) is 10.8 Å². The van der Waals surface area contributed by atoms with Gasteiger partial charge in [-0.05, 0) is 63.1 Å². The molecular formula is C25H34ClN7O2. The second-order valence-electron chi connectivity index (χ2n) is 10.9. The number of nitrogens with zero attached hydrogens (tertiary/aromatic N) is 3. The molecule has 5 rings (SSSR count). The maximum absolute atomic E-state index is 12.7. The number of piperidine rings is 1. The average Bonchev–Trinajstić information content (AvgIpc) is 3.49. The molecule has 1 saturated carbocycles. The summed E-state index contributed by atoms with van der Waals surface area (Å²) in [6, 6.07) is 1.63. The number of hydrogen-bond acceptors (Lipinski definition) is 5. The lowest BCUT2D eigenvalue weighted by Crippen LogP contribution is -2.43. The molecule has 3 aliphatic rings. The molecule has 2 atom stereocenters. The van der Waals surface area contributed by atoms with Gasteiger partial charge in [-0.3, -0.25) is 14.8 Å². The molecule has 1 aliphatic carbocycles. The van der Waals surface area contributed by atoms with E-state index in [1.165, 1.54) is 0 Å². The first-order valence-corrected chi connectivity index (χ1v) is 12.9. The van der Waals surface area contributed by atoms with Crippen LogP contribution in [0, 0.1) is 11.3 Å². The fourth-order valence-electron chi connectivity index (χ4n) is 5.57. The molecule has 2 aliphatic heterocycles. The number of aromatic nitrogens is 3. The SMILES string of the molecule is CC1(C)Cc2c(-c3cc(NC(=O)N[C@@H]4CC[C@@H](NC(=O)C5CCNCC5)C4)ncc3Cl)cnn2C1. The van der Waals surface area contributed by atoms with Crippen LogP contribution in [-0.2, 0) is 17.8 Å². The largest absolute Gasteiger partial charge is 0.353 e. The Hall–Kier alpha value is -2.65. The number of anilines is 1. The molecule has 2 fully saturated rings. The van der Waals surface area contributed by atoms with Gasteiger partial charge in [0.15, 0.2) is 0 Å². The van der Waals surface area contributed by atoms with Gasteiger partial charge in [-0.25, -0.2) is 9.78 Å². The summed E-state index contributed by atoms with van der Waals surface area (Å²) in [6.45, 7) is 7.12. The number of amides is 3. The summed E-state index contributed by atoms with van der Waals surface area (Å²) in [4.78, 5) is 29.5. The van der Waals surface area contributed by atoms with Crippen LogP contribution in [0.2, 0.25) is 5.02 Å². The minimum atomic E-state index is -0.303. The molecule has 35 heavy (non-hydrogen) atoms. The third-order valence-electron chi connectivity index (χ3n) is 7.38. The zero-order chi connectivity index (χ0) is 24.6. The number of hydrogen-bond donors (Lipinski definition) is 4. The van der Waals surface area contributed by atoms with Crippen LogP contribution < -0.4 is 21.3 Å². The Morgan fingerprint density at radius 2 is 1.83 bits per heavy atom. The summed E-state index contributed by atoms with van der Waals surface area (Å²) in [6.07, 6.45) is 8.54. The molecule has 4 N–H and O–H groups in total. The van der Waals surface area contributed by atoms with Crippen LogP contribution in [0.15, 0.2) is 18.5 Å². The van der Waals surface area contributed by atoms with Crippen molar-refractivity contribution < 1.29 is 9.59 Å². The van der Waals surface area contributed by atoms with Gasteiger partial charge in [-0.2, -0.15) is 5.10 Å². The Kier molecular flexibility index (Phi) is 6.72. The molecule has 0 aromatic carbocycles. The van der Waals surface area contributed by atoms with Crippen LogP contribution in [-0.4, -0.2) is 51.9 Å². The minimum Gasteiger partial charge on any atom is -0.353 e. The van der Waals surface area contributed by atoms with Crippen molar-refractivity contribution in [2.45, 2.75) is 71.0 Å². The van der Waals surface area contributed by atoms with Gasteiger partial charge >= 0.3 is 6.03 Å². The minimum absolute atomic E-state index is 0.0151. The average molecular weight is 500 g/mol. The van der Waals surface area contributed by atoms with Crippen molar-refractivity contribution >= 4 is 29.4 Å². The Morgan fingerprint density at radius 3 is 2.60 bits per heavy atom. The standard InChI is InChI=1S/C25H34ClN7O2/c1-25(2)11-21-19(12-29-33(21)14-25)18-10-22(28-13-20(18)26)32-24(35)31-17-4-3-16(9-17)30-23(34)15-5-7-27-8-6-15/h10,12-13,15-17,27H,3-9,11,14H2,1-2H3,(H,30,34)(H2,28,31,32,35)/t16-,17-/m1/s1. The van der Waals surface area contributed by atoms with Crippen LogP contribution in [0.25, 0.3) is 11.1 Å². The van der Waals surface area contributed by atoms with Crippen molar-refractivity contribution in [2.24, 2.45) is 11.3 Å². The number of urea groups is 1. The third kappa shape index (κ3) is 5.46. The van der Waals surface area contributed by atoms with Gasteiger partial charge in [0, 0.05) is 47.6 Å². The number of pyridine rings is 1. The molecule has 0 spiro atoms. The van der Waals surface area contributed by atoms with Crippen LogP contribution in [0.1, 0.15) is 51.6 Å². The van der Waals surface area contributed by atoms with Gasteiger partial charge in [0.1, 0.15) is 5.82 Å². The zero-order valence-electron chi connectivity index (χ0n) is 20.4. The Labute approximate surface area is 210 Å². The number of nitrogens with one attached hydrogen (secondary N) is 4. The second kappa shape index (κ2) is 9.78. The topological polar surface area (TPSA) is 113 Å². The highest BCUT2D eigenvalue weighted by atomic mass is 35.5. The lowest BCUT2D eigenvalue weighted by molar-refractivity contribution is -0.126. The first-order valence-electron chi connectivity index (χ1n) is 12.6. The molecule has 0 radical (unpaired) electrons. The molecule has 9 nitrogen and oxygen atoms in total. The molecule has 10 heteroatoms. The monoisotopic (exact) mass is 499 g/mol. The molecule has 3 amide bonds. The van der Waals surface area contributed by atoms with E-state index >= 15 is 0 Å². The first kappa shape index (κ1) is 24.1. The highest BCUT2D eigenvalue weighted by molar-refractivity contribution is 6.33. The Morgan fingerprint density at radius 1 is 1.09 bits per heavy atom. The predicted octanol–water partition coefficient (Wildman–Crippen LogP) is 3.34. The molecule has 4 heterocycles. The molecular weight excluding hydrogens is 466 g/mol. The summed E-state index contributed by atoms with van der Waals surface area (Å²) in [5.41, 5.74) is 3.11. The fourth-order valence-corrected chi connectivity index (χ4v) is 5.78. The van der Waals surface area contributed by atoms with E-state index < -0.39 is 0 Å². The summed E-state index contributed by atoms with van der Waals surface area (Å²) >= 11 is 6.48. The fraction of sp³-hybridized carbons (Fsp3) is 0.600. The van der Waals surface area contributed by atoms with E-state index in [2.05, 4.69) is 45.2 Å². The molecule has 0 unspecified atom stereocenters. The summed E-state index contributed by atoms with van der Waals surface area (Å²) in [5.74, 6) is 0.683. The zero-order valence-corrected chi connectivity index (χ0v) is 21.1. The van der Waals surface area contributed by atoms with Crippen LogP contribution >= 0.6 is 11.6 Å².